The van der Waals surface area contributed by atoms with Crippen LogP contribution in [0.2, 0.25) is 0 Å². The van der Waals surface area contributed by atoms with Crippen LogP contribution in [0.1, 0.15) is 50.1 Å². The molecule has 0 fully saturated rings. The lowest BCUT2D eigenvalue weighted by molar-refractivity contribution is -0.665. The van der Waals surface area contributed by atoms with Gasteiger partial charge in [-0.3, -0.25) is 0 Å². The highest BCUT2D eigenvalue weighted by atomic mass is 19.1. The summed E-state index contributed by atoms with van der Waals surface area (Å²) in [6, 6.07) is 8.30. The van der Waals surface area contributed by atoms with Crippen molar-refractivity contribution in [2.45, 2.75) is 53.9 Å². The Kier molecular flexibility index (Phi) is 4.10. The second-order valence-corrected chi connectivity index (χ2v) is 8.50. The predicted molar refractivity (Wildman–Crippen MR) is 108 cm³/mol. The first-order valence-corrected chi connectivity index (χ1v) is 9.14. The molecule has 3 rings (SSSR count). The van der Waals surface area contributed by atoms with Gasteiger partial charge in [0.15, 0.2) is 5.69 Å². The molecule has 1 aromatic heterocycles. The monoisotopic (exact) mass is 351 g/mol. The summed E-state index contributed by atoms with van der Waals surface area (Å²) in [5.41, 5.74) is 6.88. The van der Waals surface area contributed by atoms with Gasteiger partial charge in [0.25, 0.3) is 0 Å². The molecule has 2 heteroatoms. The lowest BCUT2D eigenvalue weighted by atomic mass is 9.84. The van der Waals surface area contributed by atoms with Gasteiger partial charge in [-0.15, -0.1) is 0 Å². The summed E-state index contributed by atoms with van der Waals surface area (Å²) in [7, 11) is 1.97. The van der Waals surface area contributed by atoms with E-state index in [1.54, 1.807) is 6.07 Å². The molecule has 0 aliphatic carbocycles. The van der Waals surface area contributed by atoms with Crippen molar-refractivity contribution < 1.29 is 10.3 Å². The molecule has 1 nitrogen and oxygen atoms in total. The number of benzene rings is 2. The molecule has 136 valence electrons. The van der Waals surface area contributed by atoms with Gasteiger partial charge in [0.2, 0.25) is 5.69 Å². The molecule has 0 radical (unpaired) electrons. The highest BCUT2D eigenvalue weighted by molar-refractivity contribution is 5.94. The number of rotatable bonds is 1. The van der Waals surface area contributed by atoms with E-state index in [2.05, 4.69) is 32.9 Å². The van der Waals surface area contributed by atoms with Gasteiger partial charge in [0.05, 0.1) is 12.3 Å². The van der Waals surface area contributed by atoms with Crippen molar-refractivity contribution in [2.75, 3.05) is 0 Å². The second-order valence-electron chi connectivity index (χ2n) is 8.50. The molecular weight excluding hydrogens is 321 g/mol. The molecule has 0 atom stereocenters. The maximum atomic E-state index is 15.1. The van der Waals surface area contributed by atoms with Crippen molar-refractivity contribution in [1.29, 1.82) is 0 Å². The lowest BCUT2D eigenvalue weighted by Crippen LogP contribution is -2.35. The van der Waals surface area contributed by atoms with E-state index in [0.717, 1.165) is 27.7 Å². The first-order valence-electron chi connectivity index (χ1n) is 9.64. The van der Waals surface area contributed by atoms with E-state index in [-0.39, 0.29) is 11.2 Å². The third-order valence-corrected chi connectivity index (χ3v) is 5.39. The van der Waals surface area contributed by atoms with Gasteiger partial charge in [-0.1, -0.05) is 32.4 Å². The zero-order chi connectivity index (χ0) is 20.3. The van der Waals surface area contributed by atoms with Crippen LogP contribution in [0.3, 0.4) is 0 Å². The number of halogens is 1. The summed E-state index contributed by atoms with van der Waals surface area (Å²) in [5.74, 6) is -0.207. The Balaban J connectivity index is 2.53. The Hall–Kier alpha value is -2.22. The predicted octanol–water partition coefficient (Wildman–Crippen LogP) is 6.00. The minimum Gasteiger partial charge on any atom is -0.207 e. The lowest BCUT2D eigenvalue weighted by Gasteiger charge is -2.21. The van der Waals surface area contributed by atoms with Gasteiger partial charge in [0, 0.05) is 13.0 Å². The SMILES string of the molecule is [2H]c1c(C)[n+](C)c(-c2cc(C)cc(C)c2C)c2cc(F)c(C(C)(C)C)cc12. The molecule has 0 aliphatic rings. The highest BCUT2D eigenvalue weighted by Gasteiger charge is 2.25. The zero-order valence-electron chi connectivity index (χ0n) is 18.1. The number of aryl methyl sites for hydroxylation is 2. The third-order valence-electron chi connectivity index (χ3n) is 5.39. The summed E-state index contributed by atoms with van der Waals surface area (Å²) < 4.78 is 25.7. The van der Waals surface area contributed by atoms with Crippen molar-refractivity contribution >= 4 is 10.8 Å². The minimum absolute atomic E-state index is 0.207. The Morgan fingerprint density at radius 2 is 1.65 bits per heavy atom. The van der Waals surface area contributed by atoms with E-state index in [9.17, 15) is 0 Å². The molecule has 0 aliphatic heterocycles. The van der Waals surface area contributed by atoms with Crippen molar-refractivity contribution in [2.24, 2.45) is 7.05 Å². The minimum atomic E-state index is -0.313. The zero-order valence-corrected chi connectivity index (χ0v) is 17.1. The molecule has 0 saturated carbocycles. The molecule has 1 heterocycles. The van der Waals surface area contributed by atoms with Crippen LogP contribution in [0.4, 0.5) is 4.39 Å². The smallest absolute Gasteiger partial charge is 0.207 e. The number of nitrogens with zero attached hydrogens (tertiary/aromatic N) is 1. The molecule has 0 amide bonds. The molecule has 0 unspecified atom stereocenters. The number of hydrogen-bond donors (Lipinski definition) is 0. The van der Waals surface area contributed by atoms with Gasteiger partial charge < -0.3 is 0 Å². The maximum Gasteiger partial charge on any atom is 0.220 e. The largest absolute Gasteiger partial charge is 0.220 e. The maximum absolute atomic E-state index is 15.1. The molecule has 26 heavy (non-hydrogen) atoms. The highest BCUT2D eigenvalue weighted by Crippen LogP contribution is 2.35. The summed E-state index contributed by atoms with van der Waals surface area (Å²) >= 11 is 0. The molecule has 0 N–H and O–H groups in total. The van der Waals surface area contributed by atoms with E-state index < -0.39 is 0 Å². The van der Waals surface area contributed by atoms with E-state index in [4.69, 9.17) is 1.37 Å². The summed E-state index contributed by atoms with van der Waals surface area (Å²) in [5, 5.41) is 1.61. The third kappa shape index (κ3) is 3.02. The van der Waals surface area contributed by atoms with Crippen molar-refractivity contribution in [3.05, 3.63) is 64.1 Å². The molecule has 2 aromatic carbocycles. The van der Waals surface area contributed by atoms with Gasteiger partial charge in [-0.2, -0.15) is 4.57 Å². The van der Waals surface area contributed by atoms with E-state index >= 15 is 4.39 Å². The van der Waals surface area contributed by atoms with Crippen LogP contribution >= 0.6 is 0 Å². The van der Waals surface area contributed by atoms with Crippen LogP contribution in [-0.4, -0.2) is 0 Å². The number of hydrogen-bond acceptors (Lipinski definition) is 0. The number of fused-ring (bicyclic) bond motifs is 1. The molecule has 0 bridgehead atoms. The summed E-state index contributed by atoms with van der Waals surface area (Å²) in [6.07, 6.45) is 0. The van der Waals surface area contributed by atoms with Crippen LogP contribution < -0.4 is 4.57 Å². The Morgan fingerprint density at radius 1 is 1.00 bits per heavy atom. The number of aromatic nitrogens is 1. The number of pyridine rings is 1. The van der Waals surface area contributed by atoms with Crippen LogP contribution in [0.5, 0.6) is 0 Å². The van der Waals surface area contributed by atoms with E-state index in [1.165, 1.54) is 16.7 Å². The molecular formula is C24H29FN+. The topological polar surface area (TPSA) is 3.88 Å². The van der Waals surface area contributed by atoms with Crippen molar-refractivity contribution in [3.63, 3.8) is 0 Å². The average molecular weight is 352 g/mol. The van der Waals surface area contributed by atoms with Crippen LogP contribution in [-0.2, 0) is 12.5 Å². The summed E-state index contributed by atoms with van der Waals surface area (Å²) in [4.78, 5) is 0. The van der Waals surface area contributed by atoms with Crippen molar-refractivity contribution in [1.82, 2.24) is 0 Å². The van der Waals surface area contributed by atoms with Gasteiger partial charge in [0.1, 0.15) is 12.9 Å². The fourth-order valence-electron chi connectivity index (χ4n) is 3.69. The molecule has 0 saturated heterocycles. The first-order chi connectivity index (χ1) is 12.4. The fraction of sp³-hybridized carbons (Fsp3) is 0.375. The van der Waals surface area contributed by atoms with Crippen LogP contribution in [0, 0.1) is 33.5 Å². The van der Waals surface area contributed by atoms with Gasteiger partial charge in [-0.05, 0) is 66.5 Å². The van der Waals surface area contributed by atoms with Gasteiger partial charge in [-0.25, -0.2) is 4.39 Å². The molecule has 3 aromatic rings. The Labute approximate surface area is 157 Å². The van der Waals surface area contributed by atoms with Crippen molar-refractivity contribution in [3.8, 4) is 11.3 Å². The van der Waals surface area contributed by atoms with E-state index in [1.807, 2.05) is 45.4 Å². The second kappa shape index (κ2) is 6.19. The fourth-order valence-corrected chi connectivity index (χ4v) is 3.69. The first kappa shape index (κ1) is 17.2. The Morgan fingerprint density at radius 3 is 2.27 bits per heavy atom. The molecule has 0 spiro atoms. The van der Waals surface area contributed by atoms with Crippen LogP contribution in [0.25, 0.3) is 22.0 Å². The van der Waals surface area contributed by atoms with E-state index in [0.29, 0.717) is 11.6 Å². The normalized spacial score (nSPS) is 12.6. The average Bonchev–Trinajstić information content (AvgIpc) is 2.55. The van der Waals surface area contributed by atoms with Gasteiger partial charge >= 0.3 is 0 Å². The Bertz CT molecular complexity index is 1070. The quantitative estimate of drug-likeness (QED) is 0.473. The standard InChI is InChI=1S/C24H29FN/c1-14-9-15(2)17(4)19(10-14)23-20-13-22(25)21(24(5,6)7)12-18(20)11-16(3)26(23)8/h9-13H,1-8H3/q+1/i11D. The summed E-state index contributed by atoms with van der Waals surface area (Å²) in [6.45, 7) is 14.3. The van der Waals surface area contributed by atoms with Crippen LogP contribution in [0.15, 0.2) is 30.3 Å².